The fourth-order valence-electron chi connectivity index (χ4n) is 4.92. The summed E-state index contributed by atoms with van der Waals surface area (Å²) in [5.41, 5.74) is 22.2. The summed E-state index contributed by atoms with van der Waals surface area (Å²) in [4.78, 5) is 0. The molecule has 0 aromatic rings. The number of allylic oxidation sites excluding steroid dienone is 2. The Labute approximate surface area is 272 Å². The molecule has 44 heavy (non-hydrogen) atoms. The predicted octanol–water partition coefficient (Wildman–Crippen LogP) is 13.9. The molecule has 0 saturated carbocycles. The van der Waals surface area contributed by atoms with E-state index in [0.29, 0.717) is 30.5 Å². The molecule has 0 aliphatic carbocycles. The van der Waals surface area contributed by atoms with Crippen LogP contribution in [-0.2, 0) is 13.6 Å². The van der Waals surface area contributed by atoms with Gasteiger partial charge in [-0.1, -0.05) is 154 Å². The molecule has 0 aromatic carbocycles. The van der Waals surface area contributed by atoms with Gasteiger partial charge in [0, 0.05) is 12.8 Å². The lowest BCUT2D eigenvalue weighted by Crippen LogP contribution is -2.02. The van der Waals surface area contributed by atoms with E-state index in [1.807, 2.05) is 0 Å². The highest BCUT2D eigenvalue weighted by Gasteiger charge is 2.29. The Bertz CT molecular complexity index is 1020. The first-order chi connectivity index (χ1) is 21.5. The molecule has 3 nitrogen and oxygen atoms in total. The minimum absolute atomic E-state index is 0.342. The molecule has 0 saturated heterocycles. The normalized spacial score (nSPS) is 11.2. The van der Waals surface area contributed by atoms with E-state index < -0.39 is 7.60 Å². The first kappa shape index (κ1) is 41.5. The zero-order valence-electron chi connectivity index (χ0n) is 28.8. The quantitative estimate of drug-likeness (QED) is 0.0360. The van der Waals surface area contributed by atoms with E-state index in [9.17, 15) is 4.57 Å². The third-order valence-corrected chi connectivity index (χ3v) is 9.37. The van der Waals surface area contributed by atoms with Crippen molar-refractivity contribution in [1.29, 1.82) is 0 Å². The summed E-state index contributed by atoms with van der Waals surface area (Å²) in [5.74, 6) is 0.981. The Morgan fingerprint density at radius 3 is 1.14 bits per heavy atom. The van der Waals surface area contributed by atoms with Crippen molar-refractivity contribution in [3.05, 3.63) is 70.5 Å². The lowest BCUT2D eigenvalue weighted by atomic mass is 10.1. The Kier molecular flexibility index (Phi) is 30.2. The van der Waals surface area contributed by atoms with Crippen LogP contribution in [0.5, 0.6) is 0 Å². The Morgan fingerprint density at radius 2 is 0.795 bits per heavy atom. The molecule has 0 fully saturated rings. The first-order valence-corrected chi connectivity index (χ1v) is 19.5. The molecule has 0 aromatic heterocycles. The predicted molar refractivity (Wildman–Crippen MR) is 189 cm³/mol. The molecule has 0 unspecified atom stereocenters. The van der Waals surface area contributed by atoms with Crippen LogP contribution in [0.1, 0.15) is 175 Å². The number of unbranched alkanes of at least 4 members (excludes halogenated alkanes) is 19. The number of hydrogen-bond acceptors (Lipinski definition) is 3. The molecule has 246 valence electrons. The van der Waals surface area contributed by atoms with E-state index in [-0.39, 0.29) is 0 Å². The van der Waals surface area contributed by atoms with E-state index >= 15 is 0 Å². The largest absolute Gasteiger partial charge is 0.431 e. The van der Waals surface area contributed by atoms with Gasteiger partial charge >= 0.3 is 7.60 Å². The standard InChI is InChI=1S/C40H63O3P/c1-6-11-16-19-22-25-28-33-38-44(41,42-39(34-29-14-9-4)36-31-26-23-20-17-12-7-2)43-40(35-30-15-10-5)37-32-27-24-21-18-13-8-3/h4-8,11-13,16-28,31-33,36-38H2,1-3H3. The molecular weight excluding hydrogens is 559 g/mol. The van der Waals surface area contributed by atoms with Crippen molar-refractivity contribution in [1.82, 2.24) is 0 Å². The smallest absolute Gasteiger partial charge is 0.411 e. The molecule has 0 radical (unpaired) electrons. The molecule has 0 atom stereocenters. The molecule has 0 bridgehead atoms. The Hall–Kier alpha value is -2.45. The lowest BCUT2D eigenvalue weighted by Gasteiger charge is -2.21. The maximum absolute atomic E-state index is 14.4. The summed E-state index contributed by atoms with van der Waals surface area (Å²) < 4.78 is 26.9. The molecule has 0 N–H and O–H groups in total. The molecule has 0 aliphatic rings. The van der Waals surface area contributed by atoms with Gasteiger partial charge in [-0.15, -0.1) is 0 Å². The topological polar surface area (TPSA) is 35.5 Å². The highest BCUT2D eigenvalue weighted by Crippen LogP contribution is 2.53. The fraction of sp³-hybridized carbons (Fsp3) is 0.700. The minimum Gasteiger partial charge on any atom is -0.411 e. The van der Waals surface area contributed by atoms with E-state index in [2.05, 4.69) is 79.8 Å². The van der Waals surface area contributed by atoms with Crippen LogP contribution in [-0.4, -0.2) is 6.16 Å². The maximum atomic E-state index is 14.4. The summed E-state index contributed by atoms with van der Waals surface area (Å²) >= 11 is 0. The van der Waals surface area contributed by atoms with Crippen molar-refractivity contribution in [2.75, 3.05) is 6.16 Å². The zero-order valence-corrected chi connectivity index (χ0v) is 29.7. The lowest BCUT2D eigenvalue weighted by molar-refractivity contribution is 0.273. The highest BCUT2D eigenvalue weighted by atomic mass is 31.2. The van der Waals surface area contributed by atoms with Crippen LogP contribution in [0.2, 0.25) is 0 Å². The van der Waals surface area contributed by atoms with Gasteiger partial charge in [-0.05, 0) is 66.8 Å². The van der Waals surface area contributed by atoms with Gasteiger partial charge in [-0.3, -0.25) is 0 Å². The highest BCUT2D eigenvalue weighted by molar-refractivity contribution is 7.54. The van der Waals surface area contributed by atoms with Gasteiger partial charge in [-0.25, -0.2) is 4.57 Å². The second-order valence-corrected chi connectivity index (χ2v) is 13.7. The summed E-state index contributed by atoms with van der Waals surface area (Å²) in [6.07, 6.45) is 27.3. The van der Waals surface area contributed by atoms with Crippen molar-refractivity contribution >= 4 is 7.60 Å². The molecule has 4 heteroatoms. The maximum Gasteiger partial charge on any atom is 0.431 e. The fourth-order valence-corrected chi connectivity index (χ4v) is 6.70. The van der Waals surface area contributed by atoms with Crippen LogP contribution < -0.4 is 0 Å². The molecule has 0 aliphatic heterocycles. The van der Waals surface area contributed by atoms with Gasteiger partial charge in [0.1, 0.15) is 0 Å². The van der Waals surface area contributed by atoms with Crippen LogP contribution >= 0.6 is 7.60 Å². The van der Waals surface area contributed by atoms with Crippen molar-refractivity contribution in [3.63, 3.8) is 0 Å². The summed E-state index contributed by atoms with van der Waals surface area (Å²) in [6, 6.07) is 0. The Morgan fingerprint density at radius 1 is 0.477 bits per heavy atom. The van der Waals surface area contributed by atoms with Crippen molar-refractivity contribution in [2.24, 2.45) is 0 Å². The second-order valence-electron chi connectivity index (χ2n) is 11.7. The van der Waals surface area contributed by atoms with Gasteiger partial charge < -0.3 is 9.05 Å². The molecule has 0 heterocycles. The first-order valence-electron chi connectivity index (χ1n) is 17.8. The molecule has 0 spiro atoms. The van der Waals surface area contributed by atoms with Crippen molar-refractivity contribution < 1.29 is 13.6 Å². The van der Waals surface area contributed by atoms with E-state index in [0.717, 1.165) is 44.9 Å². The van der Waals surface area contributed by atoms with Crippen molar-refractivity contribution in [2.45, 2.75) is 175 Å². The van der Waals surface area contributed by atoms with Gasteiger partial charge in [0.15, 0.2) is 11.5 Å². The summed E-state index contributed by atoms with van der Waals surface area (Å²) in [5, 5.41) is 0. The minimum atomic E-state index is -3.54. The Balaban J connectivity index is 5.74. The number of rotatable bonds is 29. The third-order valence-electron chi connectivity index (χ3n) is 7.50. The van der Waals surface area contributed by atoms with E-state index in [4.69, 9.17) is 9.05 Å². The average Bonchev–Trinajstić information content (AvgIpc) is 3.01. The van der Waals surface area contributed by atoms with Gasteiger partial charge in [-0.2, -0.15) is 0 Å². The van der Waals surface area contributed by atoms with Gasteiger partial charge in [0.2, 0.25) is 0 Å². The molecular formula is C40H63O3P. The van der Waals surface area contributed by atoms with E-state index in [1.165, 1.54) is 96.3 Å². The monoisotopic (exact) mass is 622 g/mol. The van der Waals surface area contributed by atoms with Gasteiger partial charge in [0.25, 0.3) is 0 Å². The van der Waals surface area contributed by atoms with Crippen LogP contribution in [0.3, 0.4) is 0 Å². The molecule has 0 rings (SSSR count). The van der Waals surface area contributed by atoms with Crippen LogP contribution in [0.4, 0.5) is 0 Å². The van der Waals surface area contributed by atoms with Crippen molar-refractivity contribution in [3.8, 4) is 0 Å². The zero-order chi connectivity index (χ0) is 32.4. The average molecular weight is 623 g/mol. The number of hydrogen-bond donors (Lipinski definition) is 0. The van der Waals surface area contributed by atoms with Gasteiger partial charge in [0.05, 0.1) is 6.16 Å². The van der Waals surface area contributed by atoms with E-state index in [1.54, 1.807) is 0 Å². The third kappa shape index (κ3) is 27.1. The van der Waals surface area contributed by atoms with Crippen LogP contribution in [0.15, 0.2) is 70.5 Å². The molecule has 0 amide bonds. The van der Waals surface area contributed by atoms with Crippen LogP contribution in [0, 0.1) is 0 Å². The summed E-state index contributed by atoms with van der Waals surface area (Å²) in [6.45, 7) is 13.8. The summed E-state index contributed by atoms with van der Waals surface area (Å²) in [7, 11) is -3.54. The SMILES string of the molecule is C=C=C=C=C=C(CCCCCCCCC)OP(=O)(CCCCCCCCCC)OC(=C=C=C=C=C)CCCCCCCCC. The van der Waals surface area contributed by atoms with Crippen LogP contribution in [0.25, 0.3) is 0 Å². The second kappa shape index (κ2) is 32.0.